The second-order valence-corrected chi connectivity index (χ2v) is 4.92. The summed E-state index contributed by atoms with van der Waals surface area (Å²) >= 11 is 1.41. The van der Waals surface area contributed by atoms with E-state index >= 15 is 0 Å². The minimum atomic E-state index is -0.149. The van der Waals surface area contributed by atoms with Crippen LogP contribution >= 0.6 is 11.3 Å². The minimum absolute atomic E-state index is 0.149. The molecule has 102 valence electrons. The number of hydrogen-bond donors (Lipinski definition) is 2. The number of carbonyl (C=O) groups is 1. The van der Waals surface area contributed by atoms with Crippen molar-refractivity contribution >= 4 is 17.2 Å². The van der Waals surface area contributed by atoms with E-state index in [0.717, 1.165) is 23.9 Å². The van der Waals surface area contributed by atoms with E-state index in [9.17, 15) is 4.79 Å². The molecule has 0 saturated carbocycles. The van der Waals surface area contributed by atoms with Crippen LogP contribution in [0.5, 0.6) is 0 Å². The Balaban J connectivity index is 1.95. The Morgan fingerprint density at radius 1 is 1.42 bits per heavy atom. The molecule has 0 aliphatic heterocycles. The van der Waals surface area contributed by atoms with Gasteiger partial charge < -0.3 is 15.1 Å². The van der Waals surface area contributed by atoms with Gasteiger partial charge in [-0.3, -0.25) is 4.79 Å². The third-order valence-corrected chi connectivity index (χ3v) is 3.38. The third kappa shape index (κ3) is 3.65. The highest BCUT2D eigenvalue weighted by atomic mass is 32.1. The zero-order chi connectivity index (χ0) is 13.7. The Bertz CT molecular complexity index is 548. The van der Waals surface area contributed by atoms with Crippen LogP contribution in [-0.4, -0.2) is 30.5 Å². The number of rotatable bonds is 6. The first-order chi connectivity index (χ1) is 9.20. The molecule has 0 saturated heterocycles. The predicted octanol–water partition coefficient (Wildman–Crippen LogP) is 2.05. The van der Waals surface area contributed by atoms with Gasteiger partial charge in [-0.2, -0.15) is 0 Å². The van der Waals surface area contributed by atoms with Crippen LogP contribution in [0.1, 0.15) is 23.2 Å². The van der Waals surface area contributed by atoms with Gasteiger partial charge in [0.25, 0.3) is 5.91 Å². The zero-order valence-corrected chi connectivity index (χ0v) is 11.8. The van der Waals surface area contributed by atoms with Gasteiger partial charge in [0.05, 0.1) is 0 Å². The SMILES string of the molecule is CCNCCNC(=O)c1csc(-c2ccc(C)o2)n1. The molecule has 19 heavy (non-hydrogen) atoms. The topological polar surface area (TPSA) is 67.2 Å². The molecule has 0 bridgehead atoms. The van der Waals surface area contributed by atoms with Crippen molar-refractivity contribution < 1.29 is 9.21 Å². The molecule has 2 aromatic heterocycles. The van der Waals surface area contributed by atoms with E-state index in [1.807, 2.05) is 26.0 Å². The summed E-state index contributed by atoms with van der Waals surface area (Å²) in [5.41, 5.74) is 0.436. The monoisotopic (exact) mass is 279 g/mol. The summed E-state index contributed by atoms with van der Waals surface area (Å²) in [6.45, 7) is 6.16. The molecule has 0 aliphatic carbocycles. The van der Waals surface area contributed by atoms with Crippen LogP contribution in [-0.2, 0) is 0 Å². The van der Waals surface area contributed by atoms with Crippen LogP contribution in [0.15, 0.2) is 21.9 Å². The van der Waals surface area contributed by atoms with Crippen LogP contribution in [0.3, 0.4) is 0 Å². The number of carbonyl (C=O) groups excluding carboxylic acids is 1. The molecule has 0 spiro atoms. The highest BCUT2D eigenvalue weighted by Gasteiger charge is 2.13. The van der Waals surface area contributed by atoms with Gasteiger partial charge in [0, 0.05) is 18.5 Å². The molecule has 0 unspecified atom stereocenters. The quantitative estimate of drug-likeness (QED) is 0.794. The number of furan rings is 1. The highest BCUT2D eigenvalue weighted by Crippen LogP contribution is 2.25. The Morgan fingerprint density at radius 3 is 2.95 bits per heavy atom. The molecule has 0 aromatic carbocycles. The number of likely N-dealkylation sites (N-methyl/N-ethyl adjacent to an activating group) is 1. The van der Waals surface area contributed by atoms with E-state index in [1.165, 1.54) is 11.3 Å². The normalized spacial score (nSPS) is 10.6. The van der Waals surface area contributed by atoms with Crippen molar-refractivity contribution in [1.82, 2.24) is 15.6 Å². The fraction of sp³-hybridized carbons (Fsp3) is 0.385. The van der Waals surface area contributed by atoms with E-state index in [2.05, 4.69) is 15.6 Å². The fourth-order valence-electron chi connectivity index (χ4n) is 1.57. The Hall–Kier alpha value is -1.66. The number of hydrogen-bond acceptors (Lipinski definition) is 5. The number of aromatic nitrogens is 1. The number of amides is 1. The summed E-state index contributed by atoms with van der Waals surface area (Å²) in [6.07, 6.45) is 0. The van der Waals surface area contributed by atoms with Crippen molar-refractivity contribution in [3.05, 3.63) is 29.0 Å². The molecule has 5 nitrogen and oxygen atoms in total. The Kier molecular flexibility index (Phi) is 4.70. The molecule has 2 rings (SSSR count). The van der Waals surface area contributed by atoms with Crippen molar-refractivity contribution in [3.63, 3.8) is 0 Å². The summed E-state index contributed by atoms with van der Waals surface area (Å²) < 4.78 is 5.48. The maximum atomic E-state index is 11.8. The first-order valence-electron chi connectivity index (χ1n) is 6.22. The van der Waals surface area contributed by atoms with E-state index in [-0.39, 0.29) is 5.91 Å². The second kappa shape index (κ2) is 6.49. The van der Waals surface area contributed by atoms with Crippen molar-refractivity contribution in [3.8, 4) is 10.8 Å². The zero-order valence-electron chi connectivity index (χ0n) is 11.0. The van der Waals surface area contributed by atoms with Gasteiger partial charge in [0.15, 0.2) is 10.8 Å². The van der Waals surface area contributed by atoms with Gasteiger partial charge in [-0.15, -0.1) is 11.3 Å². The van der Waals surface area contributed by atoms with Crippen LogP contribution in [0.4, 0.5) is 0 Å². The van der Waals surface area contributed by atoms with Gasteiger partial charge in [-0.25, -0.2) is 4.98 Å². The first kappa shape index (κ1) is 13.8. The molecule has 1 amide bonds. The fourth-order valence-corrected chi connectivity index (χ4v) is 2.33. The standard InChI is InChI=1S/C13H17N3O2S/c1-3-14-6-7-15-12(17)10-8-19-13(16-10)11-5-4-9(2)18-11/h4-5,8,14H,3,6-7H2,1-2H3,(H,15,17). The van der Waals surface area contributed by atoms with Crippen LogP contribution in [0, 0.1) is 6.92 Å². The summed E-state index contributed by atoms with van der Waals surface area (Å²) in [5, 5.41) is 8.43. The van der Waals surface area contributed by atoms with Gasteiger partial charge in [0.2, 0.25) is 0 Å². The van der Waals surface area contributed by atoms with E-state index in [4.69, 9.17) is 4.42 Å². The third-order valence-electron chi connectivity index (χ3n) is 2.53. The van der Waals surface area contributed by atoms with Crippen LogP contribution in [0.2, 0.25) is 0 Å². The highest BCUT2D eigenvalue weighted by molar-refractivity contribution is 7.13. The van der Waals surface area contributed by atoms with Crippen molar-refractivity contribution in [1.29, 1.82) is 0 Å². The van der Waals surface area contributed by atoms with Gasteiger partial charge in [-0.1, -0.05) is 6.92 Å². The van der Waals surface area contributed by atoms with Gasteiger partial charge in [0.1, 0.15) is 11.5 Å². The number of nitrogens with one attached hydrogen (secondary N) is 2. The molecule has 2 aromatic rings. The molecular weight excluding hydrogens is 262 g/mol. The summed E-state index contributed by atoms with van der Waals surface area (Å²) in [5.74, 6) is 1.39. The van der Waals surface area contributed by atoms with Gasteiger partial charge in [-0.05, 0) is 25.6 Å². The minimum Gasteiger partial charge on any atom is -0.459 e. The number of aryl methyl sites for hydroxylation is 1. The van der Waals surface area contributed by atoms with Crippen LogP contribution in [0.25, 0.3) is 10.8 Å². The summed E-state index contributed by atoms with van der Waals surface area (Å²) in [4.78, 5) is 16.1. The number of nitrogens with zero attached hydrogens (tertiary/aromatic N) is 1. The average Bonchev–Trinajstić information content (AvgIpc) is 3.02. The van der Waals surface area contributed by atoms with E-state index in [1.54, 1.807) is 5.38 Å². The summed E-state index contributed by atoms with van der Waals surface area (Å²) in [6, 6.07) is 3.74. The molecule has 2 heterocycles. The molecule has 0 fully saturated rings. The lowest BCUT2D eigenvalue weighted by molar-refractivity contribution is 0.0950. The molecule has 2 N–H and O–H groups in total. The smallest absolute Gasteiger partial charge is 0.270 e. The van der Waals surface area contributed by atoms with Crippen molar-refractivity contribution in [2.24, 2.45) is 0 Å². The van der Waals surface area contributed by atoms with Gasteiger partial charge >= 0.3 is 0 Å². The van der Waals surface area contributed by atoms with Crippen molar-refractivity contribution in [2.75, 3.05) is 19.6 Å². The largest absolute Gasteiger partial charge is 0.459 e. The number of thiazole rings is 1. The second-order valence-electron chi connectivity index (χ2n) is 4.06. The lowest BCUT2D eigenvalue weighted by Crippen LogP contribution is -2.31. The molecular formula is C13H17N3O2S. The Labute approximate surface area is 116 Å². The lowest BCUT2D eigenvalue weighted by Gasteiger charge is -2.02. The summed E-state index contributed by atoms with van der Waals surface area (Å²) in [7, 11) is 0. The van der Waals surface area contributed by atoms with E-state index < -0.39 is 0 Å². The van der Waals surface area contributed by atoms with Crippen LogP contribution < -0.4 is 10.6 Å². The molecule has 0 atom stereocenters. The maximum absolute atomic E-state index is 11.8. The average molecular weight is 279 g/mol. The molecule has 0 radical (unpaired) electrons. The first-order valence-corrected chi connectivity index (χ1v) is 7.10. The Morgan fingerprint density at radius 2 is 2.26 bits per heavy atom. The molecule has 6 heteroatoms. The van der Waals surface area contributed by atoms with E-state index in [0.29, 0.717) is 18.0 Å². The lowest BCUT2D eigenvalue weighted by atomic mass is 10.4. The maximum Gasteiger partial charge on any atom is 0.270 e. The van der Waals surface area contributed by atoms with Crippen molar-refractivity contribution in [2.45, 2.75) is 13.8 Å². The molecule has 0 aliphatic rings. The predicted molar refractivity (Wildman–Crippen MR) is 75.4 cm³/mol.